The zero-order chi connectivity index (χ0) is 15.3. The Morgan fingerprint density at radius 3 is 2.64 bits per heavy atom. The van der Waals surface area contributed by atoms with E-state index in [9.17, 15) is 0 Å². The number of halogens is 2. The van der Waals surface area contributed by atoms with Gasteiger partial charge >= 0.3 is 0 Å². The van der Waals surface area contributed by atoms with Crippen molar-refractivity contribution in [3.8, 4) is 0 Å². The summed E-state index contributed by atoms with van der Waals surface area (Å²) in [7, 11) is 0. The monoisotopic (exact) mass is 350 g/mol. The predicted molar refractivity (Wildman–Crippen MR) is 92.3 cm³/mol. The Bertz CT molecular complexity index is 763. The van der Waals surface area contributed by atoms with Crippen LogP contribution in [0.4, 0.5) is 0 Å². The highest BCUT2D eigenvalue weighted by molar-refractivity contribution is 7.98. The summed E-state index contributed by atoms with van der Waals surface area (Å²) in [6.07, 6.45) is 7.22. The van der Waals surface area contributed by atoms with Crippen molar-refractivity contribution in [3.05, 3.63) is 50.8 Å². The summed E-state index contributed by atoms with van der Waals surface area (Å²) in [6, 6.07) is 6.32. The second kappa shape index (κ2) is 5.40. The Labute approximate surface area is 144 Å². The normalized spacial score (nSPS) is 22.7. The van der Waals surface area contributed by atoms with Crippen molar-refractivity contribution in [1.29, 1.82) is 0 Å². The second-order valence-electron chi connectivity index (χ2n) is 6.15. The lowest BCUT2D eigenvalue weighted by atomic mass is 9.70. The fourth-order valence-corrected chi connectivity index (χ4v) is 4.98. The first-order valence-corrected chi connectivity index (χ1v) is 9.48. The Kier molecular flexibility index (Phi) is 3.63. The highest BCUT2D eigenvalue weighted by atomic mass is 35.5. The molecule has 0 unspecified atom stereocenters. The molecule has 0 amide bonds. The van der Waals surface area contributed by atoms with E-state index in [-0.39, 0.29) is 5.41 Å². The molecule has 0 saturated carbocycles. The van der Waals surface area contributed by atoms with Crippen molar-refractivity contribution < 1.29 is 0 Å². The highest BCUT2D eigenvalue weighted by Crippen LogP contribution is 2.49. The predicted octanol–water partition coefficient (Wildman–Crippen LogP) is 4.88. The molecule has 1 aromatic carbocycles. The van der Waals surface area contributed by atoms with Gasteiger partial charge in [-0.15, -0.1) is 0 Å². The number of hydrogen-bond donors (Lipinski definition) is 0. The van der Waals surface area contributed by atoms with Gasteiger partial charge in [-0.05, 0) is 55.6 Å². The minimum absolute atomic E-state index is 0.181. The van der Waals surface area contributed by atoms with E-state index >= 15 is 0 Å². The van der Waals surface area contributed by atoms with Crippen LogP contribution in [0.5, 0.6) is 0 Å². The van der Waals surface area contributed by atoms with E-state index in [1.54, 1.807) is 11.8 Å². The second-order valence-corrected chi connectivity index (χ2v) is 7.69. The average Bonchev–Trinajstić information content (AvgIpc) is 2.87. The molecule has 2 nitrogen and oxygen atoms in total. The lowest BCUT2D eigenvalue weighted by Gasteiger charge is -2.35. The van der Waals surface area contributed by atoms with E-state index in [0.717, 1.165) is 53.5 Å². The van der Waals surface area contributed by atoms with Crippen LogP contribution in [0.1, 0.15) is 35.2 Å². The molecule has 1 atom stereocenters. The van der Waals surface area contributed by atoms with E-state index < -0.39 is 0 Å². The number of aromatic nitrogens is 2. The molecule has 2 aromatic rings. The van der Waals surface area contributed by atoms with Crippen molar-refractivity contribution in [3.63, 3.8) is 0 Å². The smallest absolute Gasteiger partial charge is 0.188 e. The number of nitrogens with zero attached hydrogens (tertiary/aromatic N) is 2. The molecule has 4 rings (SSSR count). The third-order valence-corrected chi connectivity index (χ3v) is 6.32. The largest absolute Gasteiger partial charge is 0.227 e. The van der Waals surface area contributed by atoms with E-state index in [2.05, 4.69) is 17.1 Å². The zero-order valence-electron chi connectivity index (χ0n) is 12.3. The maximum Gasteiger partial charge on any atom is 0.188 e. The molecule has 0 saturated heterocycles. The fourth-order valence-electron chi connectivity index (χ4n) is 3.99. The van der Waals surface area contributed by atoms with Crippen molar-refractivity contribution in [1.82, 2.24) is 9.97 Å². The van der Waals surface area contributed by atoms with Crippen molar-refractivity contribution in [2.75, 3.05) is 6.26 Å². The van der Waals surface area contributed by atoms with E-state index in [1.807, 2.05) is 12.3 Å². The minimum atomic E-state index is 0.181. The summed E-state index contributed by atoms with van der Waals surface area (Å²) in [4.78, 5) is 9.12. The number of benzene rings is 1. The Balaban J connectivity index is 1.80. The van der Waals surface area contributed by atoms with Crippen LogP contribution in [0.2, 0.25) is 10.2 Å². The fraction of sp³-hybridized carbons (Fsp3) is 0.412. The van der Waals surface area contributed by atoms with Crippen molar-refractivity contribution in [2.24, 2.45) is 0 Å². The van der Waals surface area contributed by atoms with Gasteiger partial charge in [-0.1, -0.05) is 47.1 Å². The summed E-state index contributed by atoms with van der Waals surface area (Å²) in [6.45, 7) is 0. The maximum atomic E-state index is 6.40. The Morgan fingerprint density at radius 2 is 1.86 bits per heavy atom. The van der Waals surface area contributed by atoms with Crippen LogP contribution >= 0.6 is 35.0 Å². The molecule has 2 aliphatic carbocycles. The number of rotatable bonds is 1. The molecular weight excluding hydrogens is 335 g/mol. The average molecular weight is 351 g/mol. The number of thioether (sulfide) groups is 1. The SMILES string of the molecule is CSc1nc(Cl)c2c(n1)C[C@]1(CCc3c(Cl)cccc31)CC2. The standard InChI is InChI=1S/C17H16Cl2N2S/c1-22-16-20-14-9-17(8-6-11(14)15(19)21-16)7-5-10-12(17)3-2-4-13(10)18/h2-4H,5-9H2,1H3/t17-/m0/s1. The molecule has 0 aliphatic heterocycles. The molecular formula is C17H16Cl2N2S. The van der Waals surface area contributed by atoms with Crippen molar-refractivity contribution >= 4 is 35.0 Å². The van der Waals surface area contributed by atoms with E-state index in [1.165, 1.54) is 11.1 Å². The molecule has 1 heterocycles. The van der Waals surface area contributed by atoms with Gasteiger partial charge in [0.1, 0.15) is 5.15 Å². The Morgan fingerprint density at radius 1 is 1.09 bits per heavy atom. The van der Waals surface area contributed by atoms with Gasteiger partial charge in [-0.3, -0.25) is 0 Å². The van der Waals surface area contributed by atoms with Crippen molar-refractivity contribution in [2.45, 2.75) is 42.7 Å². The van der Waals surface area contributed by atoms with Gasteiger partial charge in [0.25, 0.3) is 0 Å². The first-order valence-electron chi connectivity index (χ1n) is 7.50. The van der Waals surface area contributed by atoms with E-state index in [0.29, 0.717) is 5.15 Å². The van der Waals surface area contributed by atoms with Crippen LogP contribution in [0.3, 0.4) is 0 Å². The van der Waals surface area contributed by atoms with Crippen LogP contribution in [0.15, 0.2) is 23.4 Å². The summed E-state index contributed by atoms with van der Waals surface area (Å²) < 4.78 is 0. The van der Waals surface area contributed by atoms with Crippen LogP contribution in [0.25, 0.3) is 0 Å². The molecule has 1 aromatic heterocycles. The van der Waals surface area contributed by atoms with Crippen LogP contribution in [0, 0.1) is 0 Å². The molecule has 0 N–H and O–H groups in total. The summed E-state index contributed by atoms with van der Waals surface area (Å²) >= 11 is 14.3. The maximum absolute atomic E-state index is 6.40. The summed E-state index contributed by atoms with van der Waals surface area (Å²) in [5.74, 6) is 0. The molecule has 0 bridgehead atoms. The quantitative estimate of drug-likeness (QED) is 0.416. The molecule has 2 aliphatic rings. The third-order valence-electron chi connectivity index (χ3n) is 5.11. The third kappa shape index (κ3) is 2.17. The minimum Gasteiger partial charge on any atom is -0.227 e. The molecule has 1 spiro atoms. The molecule has 22 heavy (non-hydrogen) atoms. The van der Waals surface area contributed by atoms with Gasteiger partial charge in [0.05, 0.1) is 5.69 Å². The lowest BCUT2D eigenvalue weighted by Crippen LogP contribution is -2.32. The van der Waals surface area contributed by atoms with Crippen LogP contribution in [-0.4, -0.2) is 16.2 Å². The lowest BCUT2D eigenvalue weighted by molar-refractivity contribution is 0.361. The number of fused-ring (bicyclic) bond motifs is 3. The van der Waals surface area contributed by atoms with Gasteiger partial charge in [-0.25, -0.2) is 9.97 Å². The summed E-state index contributed by atoms with van der Waals surface area (Å²) in [5.41, 5.74) is 5.20. The van der Waals surface area contributed by atoms with E-state index in [4.69, 9.17) is 28.2 Å². The highest BCUT2D eigenvalue weighted by Gasteiger charge is 2.43. The zero-order valence-corrected chi connectivity index (χ0v) is 14.7. The summed E-state index contributed by atoms with van der Waals surface area (Å²) in [5, 5.41) is 2.31. The van der Waals surface area contributed by atoms with Gasteiger partial charge < -0.3 is 0 Å². The Hall–Kier alpha value is -0.770. The molecule has 0 radical (unpaired) electrons. The van der Waals surface area contributed by atoms with Crippen LogP contribution in [-0.2, 0) is 24.7 Å². The van der Waals surface area contributed by atoms with Crippen LogP contribution < -0.4 is 0 Å². The topological polar surface area (TPSA) is 25.8 Å². The molecule has 114 valence electrons. The molecule has 0 fully saturated rings. The number of hydrogen-bond acceptors (Lipinski definition) is 3. The first-order chi connectivity index (χ1) is 10.6. The van der Waals surface area contributed by atoms with Gasteiger partial charge in [0.2, 0.25) is 0 Å². The van der Waals surface area contributed by atoms with Gasteiger partial charge in [-0.2, -0.15) is 0 Å². The first kappa shape index (κ1) is 14.8. The van der Waals surface area contributed by atoms with Gasteiger partial charge in [0.15, 0.2) is 5.16 Å². The molecule has 5 heteroatoms. The van der Waals surface area contributed by atoms with Gasteiger partial charge in [0, 0.05) is 16.0 Å².